The van der Waals surface area contributed by atoms with E-state index in [9.17, 15) is 0 Å². The van der Waals surface area contributed by atoms with E-state index < -0.39 is 0 Å². The van der Waals surface area contributed by atoms with Crippen LogP contribution in [0.5, 0.6) is 0 Å². The third-order valence-electron chi connectivity index (χ3n) is 4.21. The summed E-state index contributed by atoms with van der Waals surface area (Å²) in [7, 11) is 0. The normalized spacial score (nSPS) is 22.9. The summed E-state index contributed by atoms with van der Waals surface area (Å²) in [5, 5.41) is 0. The van der Waals surface area contributed by atoms with Gasteiger partial charge in [0.25, 0.3) is 0 Å². The van der Waals surface area contributed by atoms with Gasteiger partial charge >= 0.3 is 0 Å². The second kappa shape index (κ2) is 6.38. The van der Waals surface area contributed by atoms with Gasteiger partial charge < -0.3 is 9.64 Å². The van der Waals surface area contributed by atoms with Crippen LogP contribution in [-0.2, 0) is 4.74 Å². The van der Waals surface area contributed by atoms with Crippen LogP contribution in [-0.4, -0.2) is 46.2 Å². The Balaban J connectivity index is 1.78. The number of pyridine rings is 1. The van der Waals surface area contributed by atoms with Gasteiger partial charge in [0.2, 0.25) is 0 Å². The van der Waals surface area contributed by atoms with Crippen molar-refractivity contribution in [2.75, 3.05) is 36.1 Å². The molecule has 1 unspecified atom stereocenters. The highest BCUT2D eigenvalue weighted by Crippen LogP contribution is 2.30. The maximum atomic E-state index is 5.87. The molecule has 6 heteroatoms. The number of thioether (sulfide) groups is 1. The average Bonchev–Trinajstić information content (AvgIpc) is 2.62. The van der Waals surface area contributed by atoms with Gasteiger partial charge in [0, 0.05) is 30.8 Å². The summed E-state index contributed by atoms with van der Waals surface area (Å²) in [6.45, 7) is 2.90. The zero-order valence-electron chi connectivity index (χ0n) is 12.6. The highest BCUT2D eigenvalue weighted by Gasteiger charge is 2.23. The minimum atomic E-state index is 0.00639. The minimum Gasteiger partial charge on any atom is -0.368 e. The molecule has 0 spiro atoms. The van der Waals surface area contributed by atoms with Gasteiger partial charge in [-0.15, -0.1) is 0 Å². The van der Waals surface area contributed by atoms with Crippen molar-refractivity contribution < 1.29 is 4.74 Å². The molecule has 4 heterocycles. The predicted octanol–water partition coefficient (Wildman–Crippen LogP) is 2.82. The van der Waals surface area contributed by atoms with Crippen LogP contribution in [0.1, 0.15) is 31.2 Å². The molecule has 0 aliphatic carbocycles. The lowest BCUT2D eigenvalue weighted by Crippen LogP contribution is -2.31. The van der Waals surface area contributed by atoms with E-state index >= 15 is 0 Å². The molecule has 4 rings (SSSR count). The van der Waals surface area contributed by atoms with Crippen molar-refractivity contribution in [2.24, 2.45) is 0 Å². The van der Waals surface area contributed by atoms with E-state index in [0.29, 0.717) is 0 Å². The summed E-state index contributed by atoms with van der Waals surface area (Å²) in [5.41, 5.74) is 1.84. The lowest BCUT2D eigenvalue weighted by molar-refractivity contribution is 0.0697. The molecular formula is C16H20N4OS. The maximum absolute atomic E-state index is 5.87. The first-order chi connectivity index (χ1) is 10.9. The molecule has 1 atom stereocenters. The SMILES string of the molecule is c1cnc2c(N3CCCCC3)nc(C3CSCCO3)nc2c1. The van der Waals surface area contributed by atoms with Crippen LogP contribution < -0.4 is 4.90 Å². The fourth-order valence-electron chi connectivity index (χ4n) is 3.08. The summed E-state index contributed by atoms with van der Waals surface area (Å²) in [6.07, 6.45) is 5.59. The third-order valence-corrected chi connectivity index (χ3v) is 5.21. The Labute approximate surface area is 134 Å². The molecule has 0 bridgehead atoms. The molecule has 2 saturated heterocycles. The van der Waals surface area contributed by atoms with E-state index in [1.54, 1.807) is 0 Å². The topological polar surface area (TPSA) is 51.1 Å². The largest absolute Gasteiger partial charge is 0.368 e. The molecule has 0 radical (unpaired) electrons. The zero-order chi connectivity index (χ0) is 14.8. The van der Waals surface area contributed by atoms with E-state index in [1.807, 2.05) is 30.1 Å². The zero-order valence-corrected chi connectivity index (χ0v) is 13.4. The third kappa shape index (κ3) is 2.77. The van der Waals surface area contributed by atoms with E-state index in [1.165, 1.54) is 19.3 Å². The summed E-state index contributed by atoms with van der Waals surface area (Å²) in [5.74, 6) is 3.79. The number of rotatable bonds is 2. The fraction of sp³-hybridized carbons (Fsp3) is 0.562. The number of anilines is 1. The van der Waals surface area contributed by atoms with Gasteiger partial charge in [-0.1, -0.05) is 0 Å². The van der Waals surface area contributed by atoms with Crippen molar-refractivity contribution in [3.8, 4) is 0 Å². The van der Waals surface area contributed by atoms with Crippen LogP contribution in [0.25, 0.3) is 11.0 Å². The second-order valence-corrected chi connectivity index (χ2v) is 6.91. The Morgan fingerprint density at radius 2 is 2.09 bits per heavy atom. The summed E-state index contributed by atoms with van der Waals surface area (Å²) >= 11 is 1.91. The number of fused-ring (bicyclic) bond motifs is 1. The molecule has 2 aromatic heterocycles. The van der Waals surface area contributed by atoms with Crippen molar-refractivity contribution in [3.63, 3.8) is 0 Å². The molecule has 116 valence electrons. The van der Waals surface area contributed by atoms with Gasteiger partial charge in [0.1, 0.15) is 11.6 Å². The monoisotopic (exact) mass is 316 g/mol. The lowest BCUT2D eigenvalue weighted by Gasteiger charge is -2.29. The fourth-order valence-corrected chi connectivity index (χ4v) is 3.92. The Morgan fingerprint density at radius 1 is 1.18 bits per heavy atom. The summed E-state index contributed by atoms with van der Waals surface area (Å²) in [6, 6.07) is 3.96. The van der Waals surface area contributed by atoms with Crippen molar-refractivity contribution >= 4 is 28.6 Å². The Bertz CT molecular complexity index is 654. The average molecular weight is 316 g/mol. The predicted molar refractivity (Wildman–Crippen MR) is 89.4 cm³/mol. The van der Waals surface area contributed by atoms with Gasteiger partial charge in [-0.2, -0.15) is 11.8 Å². The Morgan fingerprint density at radius 3 is 2.91 bits per heavy atom. The van der Waals surface area contributed by atoms with Crippen molar-refractivity contribution in [1.29, 1.82) is 0 Å². The lowest BCUT2D eigenvalue weighted by atomic mass is 10.1. The van der Waals surface area contributed by atoms with Crippen LogP contribution in [0, 0.1) is 0 Å². The second-order valence-electron chi connectivity index (χ2n) is 5.76. The molecule has 5 nitrogen and oxygen atoms in total. The number of piperidine rings is 1. The molecule has 2 fully saturated rings. The first-order valence-electron chi connectivity index (χ1n) is 7.99. The van der Waals surface area contributed by atoms with Crippen molar-refractivity contribution in [2.45, 2.75) is 25.4 Å². The van der Waals surface area contributed by atoms with Gasteiger partial charge in [0.05, 0.1) is 12.1 Å². The van der Waals surface area contributed by atoms with Crippen LogP contribution in [0.4, 0.5) is 5.82 Å². The smallest absolute Gasteiger partial charge is 0.161 e. The van der Waals surface area contributed by atoms with Crippen LogP contribution in [0.2, 0.25) is 0 Å². The molecule has 0 N–H and O–H groups in total. The Hall–Kier alpha value is -1.40. The number of hydrogen-bond donors (Lipinski definition) is 0. The highest BCUT2D eigenvalue weighted by molar-refractivity contribution is 7.99. The van der Waals surface area contributed by atoms with Gasteiger partial charge in [-0.3, -0.25) is 4.98 Å². The summed E-state index contributed by atoms with van der Waals surface area (Å²) < 4.78 is 5.87. The molecule has 2 aliphatic heterocycles. The number of hydrogen-bond acceptors (Lipinski definition) is 6. The molecule has 0 saturated carbocycles. The molecular weight excluding hydrogens is 296 g/mol. The van der Waals surface area contributed by atoms with Crippen LogP contribution >= 0.6 is 11.8 Å². The molecule has 0 amide bonds. The summed E-state index contributed by atoms with van der Waals surface area (Å²) in [4.78, 5) is 16.5. The van der Waals surface area contributed by atoms with E-state index in [-0.39, 0.29) is 6.10 Å². The quantitative estimate of drug-likeness (QED) is 0.849. The van der Waals surface area contributed by atoms with E-state index in [2.05, 4.69) is 9.88 Å². The van der Waals surface area contributed by atoms with Crippen LogP contribution in [0.3, 0.4) is 0 Å². The number of aromatic nitrogens is 3. The maximum Gasteiger partial charge on any atom is 0.161 e. The van der Waals surface area contributed by atoms with Crippen molar-refractivity contribution in [1.82, 2.24) is 15.0 Å². The first kappa shape index (κ1) is 14.2. The molecule has 2 aromatic rings. The highest BCUT2D eigenvalue weighted by atomic mass is 32.2. The molecule has 0 aromatic carbocycles. The number of ether oxygens (including phenoxy) is 1. The Kier molecular flexibility index (Phi) is 4.12. The van der Waals surface area contributed by atoms with E-state index in [0.717, 1.165) is 53.9 Å². The van der Waals surface area contributed by atoms with Crippen LogP contribution in [0.15, 0.2) is 18.3 Å². The van der Waals surface area contributed by atoms with Gasteiger partial charge in [-0.25, -0.2) is 9.97 Å². The standard InChI is InChI=1S/C16H20N4OS/c1-2-7-20(8-3-1)16-14-12(5-4-6-17-14)18-15(19-16)13-11-22-10-9-21-13/h4-6,13H,1-3,7-11H2. The van der Waals surface area contributed by atoms with E-state index in [4.69, 9.17) is 14.7 Å². The minimum absolute atomic E-state index is 0.00639. The number of nitrogens with zero attached hydrogens (tertiary/aromatic N) is 4. The van der Waals surface area contributed by atoms with Crippen molar-refractivity contribution in [3.05, 3.63) is 24.2 Å². The molecule has 2 aliphatic rings. The van der Waals surface area contributed by atoms with Gasteiger partial charge in [-0.05, 0) is 31.4 Å². The first-order valence-corrected chi connectivity index (χ1v) is 9.14. The van der Waals surface area contributed by atoms with Gasteiger partial charge in [0.15, 0.2) is 11.6 Å². The molecule has 22 heavy (non-hydrogen) atoms.